The van der Waals surface area contributed by atoms with Gasteiger partial charge < -0.3 is 5.32 Å². The Morgan fingerprint density at radius 1 is 1.09 bits per heavy atom. The van der Waals surface area contributed by atoms with Crippen molar-refractivity contribution in [3.8, 4) is 0 Å². The summed E-state index contributed by atoms with van der Waals surface area (Å²) in [6.45, 7) is 3.78. The van der Waals surface area contributed by atoms with Crippen molar-refractivity contribution in [1.82, 2.24) is 19.7 Å². The number of pyridine rings is 1. The number of nitrogens with zero attached hydrogens (tertiary/aromatic N) is 5. The monoisotopic (exact) mass is 486 g/mol. The first-order valence-corrected chi connectivity index (χ1v) is 12.1. The predicted octanol–water partition coefficient (Wildman–Crippen LogP) is 5.36. The van der Waals surface area contributed by atoms with Crippen molar-refractivity contribution >= 4 is 35.0 Å². The molecule has 0 aliphatic carbocycles. The van der Waals surface area contributed by atoms with Crippen LogP contribution >= 0.6 is 11.8 Å². The van der Waals surface area contributed by atoms with Gasteiger partial charge in [0.1, 0.15) is 11.7 Å². The normalized spacial score (nSPS) is 16.9. The SMILES string of the molecule is CC1=Nc2nc(SCc3ccccc3F)nn2C(c2cccnc2)C1C(=O)Nc1ccccc1C. The molecule has 4 aromatic rings. The number of benzene rings is 2. The number of fused-ring (bicyclic) bond motifs is 1. The number of halogens is 1. The van der Waals surface area contributed by atoms with Crippen LogP contribution in [0, 0.1) is 18.7 Å². The highest BCUT2D eigenvalue weighted by Crippen LogP contribution is 2.37. The van der Waals surface area contributed by atoms with E-state index in [0.29, 0.717) is 28.1 Å². The minimum absolute atomic E-state index is 0.184. The van der Waals surface area contributed by atoms with E-state index >= 15 is 0 Å². The molecule has 176 valence electrons. The van der Waals surface area contributed by atoms with Gasteiger partial charge in [-0.25, -0.2) is 14.1 Å². The van der Waals surface area contributed by atoms with Crippen LogP contribution < -0.4 is 5.32 Å². The van der Waals surface area contributed by atoms with E-state index < -0.39 is 12.0 Å². The average molecular weight is 487 g/mol. The highest BCUT2D eigenvalue weighted by molar-refractivity contribution is 7.98. The molecule has 2 aromatic heterocycles. The molecule has 7 nitrogen and oxygen atoms in total. The number of aromatic nitrogens is 4. The standard InChI is InChI=1S/C26H23FN6OS/c1-16-8-3-6-12-21(16)30-24(34)22-17(2)29-25-31-26(35-15-19-9-4-5-11-20(19)27)32-33(25)23(22)18-10-7-13-28-14-18/h3-14,22-23H,15H2,1-2H3,(H,30,34). The van der Waals surface area contributed by atoms with Crippen LogP contribution in [0.15, 0.2) is 83.2 Å². The molecule has 0 saturated heterocycles. The third kappa shape index (κ3) is 4.72. The van der Waals surface area contributed by atoms with E-state index in [-0.39, 0.29) is 11.7 Å². The van der Waals surface area contributed by atoms with Gasteiger partial charge in [0.25, 0.3) is 0 Å². The molecule has 3 heterocycles. The van der Waals surface area contributed by atoms with Crippen LogP contribution in [0.1, 0.15) is 29.7 Å². The number of thioether (sulfide) groups is 1. The second kappa shape index (κ2) is 9.79. The van der Waals surface area contributed by atoms with Gasteiger partial charge in [-0.1, -0.05) is 54.2 Å². The molecule has 2 unspecified atom stereocenters. The Hall–Kier alpha value is -3.85. The fraction of sp³-hybridized carbons (Fsp3) is 0.192. The number of hydrogen-bond acceptors (Lipinski definition) is 6. The smallest absolute Gasteiger partial charge is 0.249 e. The molecule has 35 heavy (non-hydrogen) atoms. The molecule has 5 rings (SSSR count). The molecule has 9 heteroatoms. The number of rotatable bonds is 6. The molecule has 0 spiro atoms. The maximum absolute atomic E-state index is 14.1. The van der Waals surface area contributed by atoms with Crippen molar-refractivity contribution in [2.75, 3.05) is 5.32 Å². The van der Waals surface area contributed by atoms with Crippen LogP contribution in [-0.4, -0.2) is 31.4 Å². The lowest BCUT2D eigenvalue weighted by molar-refractivity contribution is -0.118. The van der Waals surface area contributed by atoms with Crippen LogP contribution in [0.25, 0.3) is 0 Å². The van der Waals surface area contributed by atoms with Crippen LogP contribution in [0.3, 0.4) is 0 Å². The van der Waals surface area contributed by atoms with Gasteiger partial charge in [-0.3, -0.25) is 9.78 Å². The van der Waals surface area contributed by atoms with Crippen molar-refractivity contribution in [2.24, 2.45) is 10.9 Å². The topological polar surface area (TPSA) is 85.1 Å². The predicted molar refractivity (Wildman–Crippen MR) is 134 cm³/mol. The van der Waals surface area contributed by atoms with Crippen molar-refractivity contribution < 1.29 is 9.18 Å². The summed E-state index contributed by atoms with van der Waals surface area (Å²) in [5, 5.41) is 8.19. The van der Waals surface area contributed by atoms with Crippen molar-refractivity contribution in [1.29, 1.82) is 0 Å². The van der Waals surface area contributed by atoms with Gasteiger partial charge >= 0.3 is 0 Å². The van der Waals surface area contributed by atoms with Gasteiger partial charge in [0.2, 0.25) is 17.0 Å². The Labute approximate surface area is 206 Å². The zero-order valence-corrected chi connectivity index (χ0v) is 20.0. The number of nitrogens with one attached hydrogen (secondary N) is 1. The molecular weight excluding hydrogens is 463 g/mol. The van der Waals surface area contributed by atoms with Gasteiger partial charge in [-0.05, 0) is 48.7 Å². The largest absolute Gasteiger partial charge is 0.325 e. The van der Waals surface area contributed by atoms with Crippen LogP contribution in [-0.2, 0) is 10.5 Å². The van der Waals surface area contributed by atoms with Crippen molar-refractivity contribution in [2.45, 2.75) is 30.8 Å². The Bertz CT molecular complexity index is 1400. The summed E-state index contributed by atoms with van der Waals surface area (Å²) in [7, 11) is 0. The molecule has 1 aliphatic heterocycles. The molecule has 0 fully saturated rings. The Balaban J connectivity index is 1.48. The van der Waals surface area contributed by atoms with E-state index in [0.717, 1.165) is 16.8 Å². The fourth-order valence-corrected chi connectivity index (χ4v) is 4.93. The lowest BCUT2D eigenvalue weighted by Crippen LogP contribution is -2.39. The second-order valence-corrected chi connectivity index (χ2v) is 9.23. The van der Waals surface area contributed by atoms with Crippen LogP contribution in [0.4, 0.5) is 16.0 Å². The van der Waals surface area contributed by atoms with Gasteiger partial charge in [-0.2, -0.15) is 4.98 Å². The molecule has 0 bridgehead atoms. The van der Waals surface area contributed by atoms with Gasteiger partial charge in [0, 0.05) is 29.5 Å². The van der Waals surface area contributed by atoms with Crippen LogP contribution in [0.2, 0.25) is 0 Å². The molecule has 0 radical (unpaired) electrons. The van der Waals surface area contributed by atoms with Gasteiger partial charge in [-0.15, -0.1) is 5.10 Å². The number of aryl methyl sites for hydroxylation is 1. The fourth-order valence-electron chi connectivity index (χ4n) is 4.12. The summed E-state index contributed by atoms with van der Waals surface area (Å²) in [5.74, 6) is -0.270. The molecule has 2 atom stereocenters. The highest BCUT2D eigenvalue weighted by atomic mass is 32.2. The lowest BCUT2D eigenvalue weighted by atomic mass is 9.88. The average Bonchev–Trinajstić information content (AvgIpc) is 3.27. The van der Waals surface area contributed by atoms with Crippen molar-refractivity contribution in [3.63, 3.8) is 0 Å². The van der Waals surface area contributed by atoms with E-state index in [4.69, 9.17) is 0 Å². The first-order chi connectivity index (χ1) is 17.0. The summed E-state index contributed by atoms with van der Waals surface area (Å²) in [6.07, 6.45) is 3.42. The summed E-state index contributed by atoms with van der Waals surface area (Å²) < 4.78 is 15.7. The number of para-hydroxylation sites is 1. The maximum atomic E-state index is 14.1. The van der Waals surface area contributed by atoms with E-state index in [1.54, 1.807) is 35.3 Å². The molecule has 2 aromatic carbocycles. The number of carbonyl (C=O) groups is 1. The second-order valence-electron chi connectivity index (χ2n) is 8.29. The lowest BCUT2D eigenvalue weighted by Gasteiger charge is -2.30. The Morgan fingerprint density at radius 2 is 1.89 bits per heavy atom. The number of hydrogen-bond donors (Lipinski definition) is 1. The highest BCUT2D eigenvalue weighted by Gasteiger charge is 2.39. The molecular formula is C26H23FN6OS. The third-order valence-corrected chi connectivity index (χ3v) is 6.81. The summed E-state index contributed by atoms with van der Waals surface area (Å²) in [6, 6.07) is 17.6. The minimum Gasteiger partial charge on any atom is -0.325 e. The molecule has 0 saturated carbocycles. The number of carbonyl (C=O) groups excluding carboxylic acids is 1. The van der Waals surface area contributed by atoms with E-state index in [2.05, 4.69) is 25.4 Å². The zero-order valence-electron chi connectivity index (χ0n) is 19.2. The number of aliphatic imine (C=N–C) groups is 1. The molecule has 1 aliphatic rings. The van der Waals surface area contributed by atoms with Gasteiger partial charge in [0.05, 0.1) is 6.04 Å². The van der Waals surface area contributed by atoms with E-state index in [1.165, 1.54) is 17.8 Å². The quantitative estimate of drug-likeness (QED) is 0.371. The van der Waals surface area contributed by atoms with Crippen molar-refractivity contribution in [3.05, 3.63) is 95.6 Å². The first kappa shape index (κ1) is 22.9. The maximum Gasteiger partial charge on any atom is 0.249 e. The number of amides is 1. The summed E-state index contributed by atoms with van der Waals surface area (Å²) in [5.41, 5.74) is 3.75. The number of anilines is 1. The Morgan fingerprint density at radius 3 is 2.66 bits per heavy atom. The molecule has 1 N–H and O–H groups in total. The summed E-state index contributed by atoms with van der Waals surface area (Å²) >= 11 is 1.33. The Kier molecular flexibility index (Phi) is 6.41. The molecule has 1 amide bonds. The third-order valence-electron chi connectivity index (χ3n) is 5.93. The first-order valence-electron chi connectivity index (χ1n) is 11.2. The van der Waals surface area contributed by atoms with E-state index in [1.807, 2.05) is 50.2 Å². The summed E-state index contributed by atoms with van der Waals surface area (Å²) in [4.78, 5) is 27.0. The zero-order chi connectivity index (χ0) is 24.4. The minimum atomic E-state index is -0.613. The van der Waals surface area contributed by atoms with Crippen LogP contribution in [0.5, 0.6) is 0 Å². The van der Waals surface area contributed by atoms with E-state index in [9.17, 15) is 9.18 Å². The van der Waals surface area contributed by atoms with Gasteiger partial charge in [0.15, 0.2) is 0 Å².